The molecule has 0 heteroatoms. The van der Waals surface area contributed by atoms with Crippen molar-refractivity contribution in [2.45, 2.75) is 64.2 Å². The molecule has 0 bridgehead atoms. The Kier molecular flexibility index (Phi) is 4.56. The van der Waals surface area contributed by atoms with Crippen molar-refractivity contribution in [2.75, 3.05) is 0 Å². The Morgan fingerprint density at radius 2 is 1.71 bits per heavy atom. The average molecular weight is 316 g/mol. The molecular weight excluding hydrogens is 288 g/mol. The number of hydrogen-bond acceptors (Lipinski definition) is 0. The standard InChI is InChI=1S/C24H28/c1-2-7-18-16-22-10-6-11-23(24(22)17-18)21-14-12-20(13-15-21)19-8-4-3-5-9-19/h6,10-15,17,19H,2-5,7-9,16H2,1H3. The van der Waals surface area contributed by atoms with Crippen LogP contribution in [0.4, 0.5) is 0 Å². The van der Waals surface area contributed by atoms with E-state index in [9.17, 15) is 0 Å². The third-order valence-electron chi connectivity index (χ3n) is 5.83. The molecule has 2 aromatic carbocycles. The Hall–Kier alpha value is -1.82. The predicted octanol–water partition coefficient (Wildman–Crippen LogP) is 7.14. The van der Waals surface area contributed by atoms with Gasteiger partial charge in [-0.1, -0.05) is 86.7 Å². The van der Waals surface area contributed by atoms with E-state index in [0.29, 0.717) is 0 Å². The van der Waals surface area contributed by atoms with Crippen molar-refractivity contribution in [1.29, 1.82) is 0 Å². The SMILES string of the molecule is CCCC1=Cc2c(cccc2-c2ccc(C3CCCCC3)cc2)C1. The number of benzene rings is 2. The molecule has 0 N–H and O–H groups in total. The summed E-state index contributed by atoms with van der Waals surface area (Å²) in [6, 6.07) is 16.3. The first kappa shape index (κ1) is 15.7. The number of fused-ring (bicyclic) bond motifs is 1. The van der Waals surface area contributed by atoms with Gasteiger partial charge in [-0.15, -0.1) is 0 Å². The number of allylic oxidation sites excluding steroid dienone is 1. The molecule has 1 fully saturated rings. The van der Waals surface area contributed by atoms with Gasteiger partial charge in [0.15, 0.2) is 0 Å². The third kappa shape index (κ3) is 3.07. The molecule has 0 heterocycles. The van der Waals surface area contributed by atoms with E-state index in [0.717, 1.165) is 12.3 Å². The van der Waals surface area contributed by atoms with Crippen LogP contribution < -0.4 is 0 Å². The van der Waals surface area contributed by atoms with Crippen molar-refractivity contribution in [1.82, 2.24) is 0 Å². The van der Waals surface area contributed by atoms with Crippen LogP contribution in [0.15, 0.2) is 48.0 Å². The fourth-order valence-electron chi connectivity index (χ4n) is 4.54. The van der Waals surface area contributed by atoms with Gasteiger partial charge in [0.05, 0.1) is 0 Å². The van der Waals surface area contributed by atoms with Gasteiger partial charge in [0.25, 0.3) is 0 Å². The maximum Gasteiger partial charge on any atom is -0.00576 e. The Morgan fingerprint density at radius 1 is 0.917 bits per heavy atom. The van der Waals surface area contributed by atoms with Crippen LogP contribution in [-0.2, 0) is 6.42 Å². The van der Waals surface area contributed by atoms with Gasteiger partial charge in [-0.2, -0.15) is 0 Å². The largest absolute Gasteiger partial charge is 0.0652 e. The highest BCUT2D eigenvalue weighted by Crippen LogP contribution is 2.37. The molecule has 0 amide bonds. The van der Waals surface area contributed by atoms with E-state index in [1.54, 1.807) is 11.1 Å². The minimum Gasteiger partial charge on any atom is -0.0652 e. The van der Waals surface area contributed by atoms with Crippen LogP contribution in [0.1, 0.15) is 74.5 Å². The van der Waals surface area contributed by atoms with Crippen LogP contribution in [0.3, 0.4) is 0 Å². The third-order valence-corrected chi connectivity index (χ3v) is 5.83. The van der Waals surface area contributed by atoms with Crippen molar-refractivity contribution in [3.8, 4) is 11.1 Å². The monoisotopic (exact) mass is 316 g/mol. The van der Waals surface area contributed by atoms with Crippen LogP contribution in [0, 0.1) is 0 Å². The summed E-state index contributed by atoms with van der Waals surface area (Å²) in [6.45, 7) is 2.27. The lowest BCUT2D eigenvalue weighted by Gasteiger charge is -2.22. The van der Waals surface area contributed by atoms with E-state index in [1.807, 2.05) is 0 Å². The molecule has 24 heavy (non-hydrogen) atoms. The van der Waals surface area contributed by atoms with Crippen LogP contribution in [0.5, 0.6) is 0 Å². The molecule has 0 saturated heterocycles. The van der Waals surface area contributed by atoms with Gasteiger partial charge in [-0.3, -0.25) is 0 Å². The molecule has 0 radical (unpaired) electrons. The second-order valence-electron chi connectivity index (χ2n) is 7.56. The van der Waals surface area contributed by atoms with Crippen molar-refractivity contribution < 1.29 is 0 Å². The first-order valence-corrected chi connectivity index (χ1v) is 9.77. The smallest absolute Gasteiger partial charge is 0.00576 e. The molecule has 0 atom stereocenters. The first-order chi connectivity index (χ1) is 11.8. The normalized spacial score (nSPS) is 17.6. The summed E-state index contributed by atoms with van der Waals surface area (Å²) in [5.74, 6) is 0.797. The summed E-state index contributed by atoms with van der Waals surface area (Å²) < 4.78 is 0. The molecular formula is C24H28. The van der Waals surface area contributed by atoms with Gasteiger partial charge in [0.2, 0.25) is 0 Å². The highest BCUT2D eigenvalue weighted by atomic mass is 14.2. The Balaban J connectivity index is 1.62. The van der Waals surface area contributed by atoms with Gasteiger partial charge in [-0.05, 0) is 59.4 Å². The molecule has 2 aromatic rings. The Labute approximate surface area is 146 Å². The molecule has 2 aliphatic carbocycles. The Morgan fingerprint density at radius 3 is 2.46 bits per heavy atom. The van der Waals surface area contributed by atoms with Crippen LogP contribution in [0.2, 0.25) is 0 Å². The van der Waals surface area contributed by atoms with Crippen LogP contribution >= 0.6 is 0 Å². The summed E-state index contributed by atoms with van der Waals surface area (Å²) >= 11 is 0. The van der Waals surface area contributed by atoms with Crippen molar-refractivity contribution in [3.05, 3.63) is 64.7 Å². The lowest BCUT2D eigenvalue weighted by atomic mass is 9.83. The van der Waals surface area contributed by atoms with E-state index in [4.69, 9.17) is 0 Å². The van der Waals surface area contributed by atoms with E-state index in [2.05, 4.69) is 55.5 Å². The van der Waals surface area contributed by atoms with Crippen molar-refractivity contribution in [2.24, 2.45) is 0 Å². The van der Waals surface area contributed by atoms with Crippen LogP contribution in [0.25, 0.3) is 17.2 Å². The second-order valence-corrected chi connectivity index (χ2v) is 7.56. The van der Waals surface area contributed by atoms with Gasteiger partial charge in [-0.25, -0.2) is 0 Å². The first-order valence-electron chi connectivity index (χ1n) is 9.77. The summed E-state index contributed by atoms with van der Waals surface area (Å²) in [7, 11) is 0. The summed E-state index contributed by atoms with van der Waals surface area (Å²) in [4.78, 5) is 0. The molecule has 0 aromatic heterocycles. The summed E-state index contributed by atoms with van der Waals surface area (Å²) in [5, 5.41) is 0. The van der Waals surface area contributed by atoms with Gasteiger partial charge >= 0.3 is 0 Å². The fourth-order valence-corrected chi connectivity index (χ4v) is 4.54. The maximum absolute atomic E-state index is 2.45. The average Bonchev–Trinajstić information content (AvgIpc) is 3.05. The van der Waals surface area contributed by atoms with Gasteiger partial charge in [0.1, 0.15) is 0 Å². The minimum atomic E-state index is 0.797. The summed E-state index contributed by atoms with van der Waals surface area (Å²) in [5.41, 5.74) is 8.90. The molecule has 0 aliphatic heterocycles. The van der Waals surface area contributed by atoms with Gasteiger partial charge < -0.3 is 0 Å². The fraction of sp³-hybridized carbons (Fsp3) is 0.417. The number of rotatable bonds is 4. The Bertz CT molecular complexity index is 727. The van der Waals surface area contributed by atoms with Crippen LogP contribution in [-0.4, -0.2) is 0 Å². The summed E-state index contributed by atoms with van der Waals surface area (Å²) in [6.07, 6.45) is 13.1. The lowest BCUT2D eigenvalue weighted by molar-refractivity contribution is 0.443. The van der Waals surface area contributed by atoms with E-state index in [-0.39, 0.29) is 0 Å². The molecule has 0 nitrogen and oxygen atoms in total. The van der Waals surface area contributed by atoms with Gasteiger partial charge in [0, 0.05) is 0 Å². The maximum atomic E-state index is 2.45. The molecule has 4 rings (SSSR count). The number of hydrogen-bond donors (Lipinski definition) is 0. The minimum absolute atomic E-state index is 0.797. The molecule has 2 aliphatic rings. The highest BCUT2D eigenvalue weighted by Gasteiger charge is 2.18. The zero-order chi connectivity index (χ0) is 16.4. The molecule has 124 valence electrons. The topological polar surface area (TPSA) is 0 Å². The van der Waals surface area contributed by atoms with E-state index in [1.165, 1.54) is 67.2 Å². The predicted molar refractivity (Wildman–Crippen MR) is 104 cm³/mol. The lowest BCUT2D eigenvalue weighted by Crippen LogP contribution is -2.04. The quantitative estimate of drug-likeness (QED) is 0.562. The molecule has 1 saturated carbocycles. The van der Waals surface area contributed by atoms with E-state index >= 15 is 0 Å². The molecule has 0 spiro atoms. The zero-order valence-electron chi connectivity index (χ0n) is 14.9. The zero-order valence-corrected chi connectivity index (χ0v) is 14.9. The van der Waals surface area contributed by atoms with E-state index < -0.39 is 0 Å². The molecule has 0 unspecified atom stereocenters. The van der Waals surface area contributed by atoms with Crippen molar-refractivity contribution in [3.63, 3.8) is 0 Å². The van der Waals surface area contributed by atoms with Crippen molar-refractivity contribution >= 4 is 6.08 Å². The highest BCUT2D eigenvalue weighted by molar-refractivity contribution is 5.80. The second kappa shape index (κ2) is 6.97.